The topological polar surface area (TPSA) is 30.7 Å². The molecule has 2 aromatic heterocycles. The third-order valence-electron chi connectivity index (χ3n) is 12.8. The first-order chi connectivity index (χ1) is 30.2. The summed E-state index contributed by atoms with van der Waals surface area (Å²) in [5, 5.41) is 4.92. The van der Waals surface area contributed by atoms with Crippen molar-refractivity contribution in [2.45, 2.75) is 15.2 Å². The maximum absolute atomic E-state index is 5.23. The van der Waals surface area contributed by atoms with Gasteiger partial charge in [0.15, 0.2) is 5.82 Å². The third kappa shape index (κ3) is 5.00. The highest BCUT2D eigenvalue weighted by Gasteiger charge is 2.50. The number of benzene rings is 9. The van der Waals surface area contributed by atoms with Crippen molar-refractivity contribution in [3.05, 3.63) is 235 Å². The van der Waals surface area contributed by atoms with E-state index in [9.17, 15) is 0 Å². The van der Waals surface area contributed by atoms with Crippen molar-refractivity contribution < 1.29 is 0 Å². The lowest BCUT2D eigenvalue weighted by atomic mass is 9.67. The first kappa shape index (κ1) is 34.3. The lowest BCUT2D eigenvalue weighted by Crippen LogP contribution is -2.31. The Kier molecular flexibility index (Phi) is 7.45. The predicted molar refractivity (Wildman–Crippen MR) is 252 cm³/mol. The molecule has 2 aliphatic rings. The van der Waals surface area contributed by atoms with E-state index in [0.717, 1.165) is 33.8 Å². The van der Waals surface area contributed by atoms with Crippen LogP contribution in [0.2, 0.25) is 0 Å². The molecule has 284 valence electrons. The molecule has 0 bridgehead atoms. The maximum Gasteiger partial charge on any atom is 0.160 e. The average Bonchev–Trinajstić information content (AvgIpc) is 3.82. The Morgan fingerprint density at radius 1 is 0.393 bits per heavy atom. The van der Waals surface area contributed by atoms with Crippen molar-refractivity contribution in [2.75, 3.05) is 0 Å². The molecule has 0 atom stereocenters. The number of fused-ring (bicyclic) bond motifs is 14. The van der Waals surface area contributed by atoms with E-state index >= 15 is 0 Å². The smallest absolute Gasteiger partial charge is 0.160 e. The second kappa shape index (κ2) is 13.2. The summed E-state index contributed by atoms with van der Waals surface area (Å²) in [5.74, 6) is 0.707. The Hall–Kier alpha value is -7.53. The van der Waals surface area contributed by atoms with Crippen molar-refractivity contribution in [1.82, 2.24) is 14.5 Å². The summed E-state index contributed by atoms with van der Waals surface area (Å²) in [4.78, 5) is 12.9. The lowest BCUT2D eigenvalue weighted by molar-refractivity contribution is 0.724. The van der Waals surface area contributed by atoms with Crippen molar-refractivity contribution in [3.8, 4) is 50.7 Å². The Morgan fingerprint density at radius 2 is 1.02 bits per heavy atom. The van der Waals surface area contributed by atoms with Crippen LogP contribution in [0.25, 0.3) is 83.3 Å². The summed E-state index contributed by atoms with van der Waals surface area (Å²) in [6.45, 7) is 0. The second-order valence-electron chi connectivity index (χ2n) is 16.1. The minimum atomic E-state index is -0.455. The lowest BCUT2D eigenvalue weighted by Gasteiger charge is -2.39. The molecule has 3 nitrogen and oxygen atoms in total. The van der Waals surface area contributed by atoms with Gasteiger partial charge in [0.25, 0.3) is 0 Å². The fraction of sp³-hybridized carbons (Fsp3) is 0.0175. The van der Waals surface area contributed by atoms with Gasteiger partial charge in [-0.1, -0.05) is 188 Å². The van der Waals surface area contributed by atoms with Crippen molar-refractivity contribution in [1.29, 1.82) is 0 Å². The van der Waals surface area contributed by atoms with Gasteiger partial charge in [0.05, 0.1) is 27.8 Å². The van der Waals surface area contributed by atoms with Crippen LogP contribution in [0.15, 0.2) is 222 Å². The molecule has 13 rings (SSSR count). The average molecular weight is 794 g/mol. The van der Waals surface area contributed by atoms with Crippen molar-refractivity contribution in [3.63, 3.8) is 0 Å². The van der Waals surface area contributed by atoms with E-state index < -0.39 is 5.41 Å². The van der Waals surface area contributed by atoms with E-state index in [-0.39, 0.29) is 0 Å². The maximum atomic E-state index is 5.23. The highest BCUT2D eigenvalue weighted by atomic mass is 32.2. The van der Waals surface area contributed by atoms with E-state index in [0.29, 0.717) is 5.82 Å². The molecule has 0 amide bonds. The van der Waals surface area contributed by atoms with Gasteiger partial charge < -0.3 is 4.57 Å². The van der Waals surface area contributed by atoms with Gasteiger partial charge >= 0.3 is 0 Å². The highest BCUT2D eigenvalue weighted by molar-refractivity contribution is 7.99. The minimum absolute atomic E-state index is 0.455. The van der Waals surface area contributed by atoms with Gasteiger partial charge in [-0.3, -0.25) is 0 Å². The number of nitrogens with zero attached hydrogens (tertiary/aromatic N) is 3. The largest absolute Gasteiger partial charge is 0.309 e. The van der Waals surface area contributed by atoms with Crippen LogP contribution < -0.4 is 0 Å². The van der Waals surface area contributed by atoms with Crippen LogP contribution in [0, 0.1) is 0 Å². The van der Waals surface area contributed by atoms with Gasteiger partial charge in [-0.2, -0.15) is 0 Å². The first-order valence-corrected chi connectivity index (χ1v) is 21.6. The highest BCUT2D eigenvalue weighted by Crippen LogP contribution is 2.62. The zero-order chi connectivity index (χ0) is 40.1. The van der Waals surface area contributed by atoms with Crippen LogP contribution >= 0.6 is 11.8 Å². The number of hydrogen-bond donors (Lipinski definition) is 0. The summed E-state index contributed by atoms with van der Waals surface area (Å²) >= 11 is 1.89. The fourth-order valence-electron chi connectivity index (χ4n) is 10.3. The predicted octanol–water partition coefficient (Wildman–Crippen LogP) is 14.6. The van der Waals surface area contributed by atoms with Crippen molar-refractivity contribution in [2.24, 2.45) is 0 Å². The molecule has 0 fully saturated rings. The monoisotopic (exact) mass is 793 g/mol. The molecule has 4 heteroatoms. The molecule has 0 saturated heterocycles. The number of hydrogen-bond acceptors (Lipinski definition) is 3. The van der Waals surface area contributed by atoms with Crippen LogP contribution in [0.5, 0.6) is 0 Å². The second-order valence-corrected chi connectivity index (χ2v) is 17.2. The van der Waals surface area contributed by atoms with Crippen LogP contribution in [-0.4, -0.2) is 14.5 Å². The van der Waals surface area contributed by atoms with Crippen molar-refractivity contribution >= 4 is 44.3 Å². The molecule has 11 aromatic rings. The van der Waals surface area contributed by atoms with E-state index in [2.05, 4.69) is 193 Å². The van der Waals surface area contributed by atoms with Gasteiger partial charge in [-0.05, 0) is 75.2 Å². The zero-order valence-electron chi connectivity index (χ0n) is 33.0. The number of aromatic nitrogens is 3. The van der Waals surface area contributed by atoms with Crippen LogP contribution in [-0.2, 0) is 5.41 Å². The quantitative estimate of drug-likeness (QED) is 0.178. The molecule has 0 radical (unpaired) electrons. The molecule has 0 saturated carbocycles. The standard InChI is InChI=1S/C57H35N3S/c1-3-17-37(18-4-1)50-34-51(59-56(58-50)38-19-5-2-6-20-38)39-21-15-22-40(32-39)60-52-35-54-49(33-45(52)44-31-30-36-16-7-8-23-41(36)55(44)60)57(48-28-13-14-29-53(48)61-54)46-26-11-9-24-42(46)43-25-10-12-27-47(43)57/h1-35H. The molecular weight excluding hydrogens is 759 g/mol. The third-order valence-corrected chi connectivity index (χ3v) is 14.0. The Labute approximate surface area is 357 Å². The van der Waals surface area contributed by atoms with Gasteiger partial charge in [0.1, 0.15) is 0 Å². The van der Waals surface area contributed by atoms with Crippen LogP contribution in [0.4, 0.5) is 0 Å². The van der Waals surface area contributed by atoms with E-state index in [1.807, 2.05) is 36.0 Å². The number of rotatable bonds is 4. The van der Waals surface area contributed by atoms with Gasteiger partial charge in [-0.25, -0.2) is 9.97 Å². The van der Waals surface area contributed by atoms with E-state index in [1.165, 1.54) is 75.7 Å². The van der Waals surface area contributed by atoms with Crippen LogP contribution in [0.1, 0.15) is 22.3 Å². The van der Waals surface area contributed by atoms with Crippen LogP contribution in [0.3, 0.4) is 0 Å². The minimum Gasteiger partial charge on any atom is -0.309 e. The summed E-state index contributed by atoms with van der Waals surface area (Å²) < 4.78 is 2.50. The molecule has 1 aliphatic carbocycles. The van der Waals surface area contributed by atoms with E-state index in [1.54, 1.807) is 0 Å². The molecule has 0 N–H and O–H groups in total. The Bertz CT molecular complexity index is 3470. The molecule has 0 unspecified atom stereocenters. The normalized spacial score (nSPS) is 13.3. The summed E-state index contributed by atoms with van der Waals surface area (Å²) in [7, 11) is 0. The molecule has 1 aliphatic heterocycles. The van der Waals surface area contributed by atoms with Gasteiger partial charge in [0.2, 0.25) is 0 Å². The summed E-state index contributed by atoms with van der Waals surface area (Å²) in [6, 6.07) is 77.3. The fourth-order valence-corrected chi connectivity index (χ4v) is 11.5. The zero-order valence-corrected chi connectivity index (χ0v) is 33.8. The van der Waals surface area contributed by atoms with Gasteiger partial charge in [-0.15, -0.1) is 0 Å². The molecule has 61 heavy (non-hydrogen) atoms. The summed E-state index contributed by atoms with van der Waals surface area (Å²) in [6.07, 6.45) is 0. The summed E-state index contributed by atoms with van der Waals surface area (Å²) in [5.41, 5.74) is 15.9. The first-order valence-electron chi connectivity index (χ1n) is 20.8. The molecule has 1 spiro atoms. The van der Waals surface area contributed by atoms with Gasteiger partial charge in [0, 0.05) is 48.3 Å². The molecule has 9 aromatic carbocycles. The Morgan fingerprint density at radius 3 is 1.79 bits per heavy atom. The molecular formula is C57H35N3S. The Balaban J connectivity index is 1.09. The SMILES string of the molecule is c1ccc(-c2cc(-c3cccc(-n4c5cc6c(cc5c5ccc7ccccc7c54)C4(c5ccccc5S6)c5ccccc5-c5ccccc54)c3)nc(-c3ccccc3)n2)cc1. The molecule has 3 heterocycles. The van der Waals surface area contributed by atoms with E-state index in [4.69, 9.17) is 9.97 Å².